The van der Waals surface area contributed by atoms with E-state index in [1.165, 1.54) is 6.08 Å². The van der Waals surface area contributed by atoms with Crippen molar-refractivity contribution in [1.82, 2.24) is 0 Å². The molecule has 27 heavy (non-hydrogen) atoms. The van der Waals surface area contributed by atoms with Gasteiger partial charge in [0.05, 0.1) is 17.2 Å². The molecule has 3 atom stereocenters. The van der Waals surface area contributed by atoms with Crippen LogP contribution in [0.2, 0.25) is 5.02 Å². The van der Waals surface area contributed by atoms with E-state index in [1.807, 2.05) is 13.8 Å². The number of carbonyl (C=O) groups is 2. The third kappa shape index (κ3) is 4.28. The Morgan fingerprint density at radius 1 is 1.15 bits per heavy atom. The van der Waals surface area contributed by atoms with Gasteiger partial charge in [-0.05, 0) is 18.4 Å². The fraction of sp³-hybridized carbons (Fsp3) is 0.500. The number of aromatic hydroxyl groups is 2. The number of ether oxygens (including phenoxy) is 2. The SMILES string of the molecule is CC(C)[C@@H]1CC2CC(C/C=C/C(=O)Cc3c(Cl)c(O)cc(O)c3C(=O)O1)O2. The summed E-state index contributed by atoms with van der Waals surface area (Å²) in [5.41, 5.74) is -0.121. The van der Waals surface area contributed by atoms with Gasteiger partial charge in [-0.1, -0.05) is 31.5 Å². The number of carbonyl (C=O) groups excluding carboxylic acids is 2. The van der Waals surface area contributed by atoms with E-state index in [4.69, 9.17) is 21.1 Å². The largest absolute Gasteiger partial charge is 0.507 e. The van der Waals surface area contributed by atoms with Gasteiger partial charge >= 0.3 is 5.97 Å². The number of hydrogen-bond acceptors (Lipinski definition) is 6. The van der Waals surface area contributed by atoms with Gasteiger partial charge in [0.25, 0.3) is 0 Å². The number of phenols is 2. The maximum absolute atomic E-state index is 12.8. The second-order valence-corrected chi connectivity index (χ2v) is 7.78. The van der Waals surface area contributed by atoms with E-state index in [0.29, 0.717) is 12.8 Å². The number of fused-ring (bicyclic) bond motifs is 6. The Kier molecular flexibility index (Phi) is 5.77. The molecule has 0 saturated carbocycles. The van der Waals surface area contributed by atoms with Crippen molar-refractivity contribution < 1.29 is 29.3 Å². The lowest BCUT2D eigenvalue weighted by atomic mass is 9.92. The van der Waals surface area contributed by atoms with E-state index < -0.39 is 23.6 Å². The van der Waals surface area contributed by atoms with Gasteiger partial charge in [-0.2, -0.15) is 0 Å². The van der Waals surface area contributed by atoms with Gasteiger partial charge in [-0.25, -0.2) is 4.79 Å². The lowest BCUT2D eigenvalue weighted by Crippen LogP contribution is -2.41. The van der Waals surface area contributed by atoms with Crippen LogP contribution in [0.4, 0.5) is 0 Å². The summed E-state index contributed by atoms with van der Waals surface area (Å²) < 4.78 is 11.4. The van der Waals surface area contributed by atoms with Gasteiger partial charge in [-0.3, -0.25) is 4.79 Å². The summed E-state index contributed by atoms with van der Waals surface area (Å²) in [5, 5.41) is 20.0. The Labute approximate surface area is 162 Å². The van der Waals surface area contributed by atoms with Crippen molar-refractivity contribution in [2.24, 2.45) is 5.92 Å². The molecule has 2 unspecified atom stereocenters. The van der Waals surface area contributed by atoms with Crippen LogP contribution < -0.4 is 0 Å². The molecule has 3 aliphatic heterocycles. The first kappa shape index (κ1) is 19.7. The third-order valence-corrected chi connectivity index (χ3v) is 5.41. The van der Waals surface area contributed by atoms with E-state index in [2.05, 4.69) is 0 Å². The molecular formula is C20H23ClO6. The highest BCUT2D eigenvalue weighted by Crippen LogP contribution is 2.38. The van der Waals surface area contributed by atoms with Crippen molar-refractivity contribution in [1.29, 1.82) is 0 Å². The number of ketones is 1. The van der Waals surface area contributed by atoms with Crippen LogP contribution in [0.1, 0.15) is 49.0 Å². The first-order valence-corrected chi connectivity index (χ1v) is 9.43. The zero-order chi connectivity index (χ0) is 19.7. The first-order chi connectivity index (χ1) is 12.8. The van der Waals surface area contributed by atoms with Crippen LogP contribution in [0.5, 0.6) is 11.5 Å². The molecule has 2 bridgehead atoms. The molecule has 1 aromatic carbocycles. The van der Waals surface area contributed by atoms with Crippen molar-refractivity contribution in [3.05, 3.63) is 34.4 Å². The highest BCUT2D eigenvalue weighted by atomic mass is 35.5. The van der Waals surface area contributed by atoms with E-state index in [1.54, 1.807) is 6.08 Å². The van der Waals surface area contributed by atoms with E-state index in [0.717, 1.165) is 12.5 Å². The summed E-state index contributed by atoms with van der Waals surface area (Å²) in [6.07, 6.45) is 4.61. The molecule has 1 fully saturated rings. The summed E-state index contributed by atoms with van der Waals surface area (Å²) in [6, 6.07) is 0.982. The molecule has 146 valence electrons. The van der Waals surface area contributed by atoms with Gasteiger partial charge in [0.1, 0.15) is 23.2 Å². The minimum Gasteiger partial charge on any atom is -0.507 e. The molecular weight excluding hydrogens is 372 g/mol. The Morgan fingerprint density at radius 3 is 2.52 bits per heavy atom. The summed E-state index contributed by atoms with van der Waals surface area (Å²) in [5.74, 6) is -1.89. The Bertz CT molecular complexity index is 779. The molecule has 4 rings (SSSR count). The highest BCUT2D eigenvalue weighted by Gasteiger charge is 2.35. The van der Waals surface area contributed by atoms with Crippen molar-refractivity contribution >= 4 is 23.4 Å². The minimum atomic E-state index is -0.771. The Hall–Kier alpha value is -2.05. The van der Waals surface area contributed by atoms with Gasteiger partial charge in [0, 0.05) is 30.9 Å². The molecule has 0 aliphatic carbocycles. The normalized spacial score (nSPS) is 27.3. The smallest absolute Gasteiger partial charge is 0.342 e. The van der Waals surface area contributed by atoms with Crippen LogP contribution in [-0.2, 0) is 20.7 Å². The molecule has 1 aromatic rings. The van der Waals surface area contributed by atoms with Crippen molar-refractivity contribution in [3.63, 3.8) is 0 Å². The predicted octanol–water partition coefficient (Wildman–Crippen LogP) is 3.55. The zero-order valence-corrected chi connectivity index (χ0v) is 16.0. The maximum atomic E-state index is 12.8. The fourth-order valence-corrected chi connectivity index (χ4v) is 3.65. The van der Waals surface area contributed by atoms with Crippen LogP contribution in [0.3, 0.4) is 0 Å². The molecule has 0 aromatic heterocycles. The van der Waals surface area contributed by atoms with Crippen LogP contribution in [0, 0.1) is 5.92 Å². The number of halogens is 1. The van der Waals surface area contributed by atoms with E-state index in [9.17, 15) is 19.8 Å². The number of allylic oxidation sites excluding steroid dienone is 1. The molecule has 2 N–H and O–H groups in total. The summed E-state index contributed by atoms with van der Waals surface area (Å²) in [6.45, 7) is 3.88. The second-order valence-electron chi connectivity index (χ2n) is 7.40. The average Bonchev–Trinajstić information content (AvgIpc) is 2.55. The Balaban J connectivity index is 2.01. The second kappa shape index (κ2) is 7.90. The van der Waals surface area contributed by atoms with Gasteiger partial charge in [0.15, 0.2) is 5.78 Å². The molecule has 0 radical (unpaired) electrons. The van der Waals surface area contributed by atoms with Gasteiger partial charge in [-0.15, -0.1) is 0 Å². The van der Waals surface area contributed by atoms with Crippen LogP contribution in [0.15, 0.2) is 18.2 Å². The van der Waals surface area contributed by atoms with Crippen molar-refractivity contribution in [3.8, 4) is 11.5 Å². The third-order valence-electron chi connectivity index (χ3n) is 4.99. The lowest BCUT2D eigenvalue weighted by molar-refractivity contribution is -0.140. The molecule has 3 heterocycles. The van der Waals surface area contributed by atoms with Crippen LogP contribution in [0.25, 0.3) is 0 Å². The molecule has 7 heteroatoms. The summed E-state index contributed by atoms with van der Waals surface area (Å²) in [4.78, 5) is 25.1. The zero-order valence-electron chi connectivity index (χ0n) is 15.3. The maximum Gasteiger partial charge on any atom is 0.342 e. The molecule has 6 nitrogen and oxygen atoms in total. The molecule has 0 spiro atoms. The summed E-state index contributed by atoms with van der Waals surface area (Å²) in [7, 11) is 0. The van der Waals surface area contributed by atoms with Gasteiger partial charge < -0.3 is 19.7 Å². The first-order valence-electron chi connectivity index (χ1n) is 9.05. The molecule has 3 aliphatic rings. The van der Waals surface area contributed by atoms with E-state index >= 15 is 0 Å². The minimum absolute atomic E-state index is 0.00119. The molecule has 1 saturated heterocycles. The highest BCUT2D eigenvalue weighted by molar-refractivity contribution is 6.33. The predicted molar refractivity (Wildman–Crippen MR) is 99.2 cm³/mol. The number of esters is 1. The monoisotopic (exact) mass is 394 g/mol. The topological polar surface area (TPSA) is 93.1 Å². The van der Waals surface area contributed by atoms with Crippen LogP contribution in [-0.4, -0.2) is 40.3 Å². The lowest BCUT2D eigenvalue weighted by Gasteiger charge is -2.38. The number of hydrogen-bond donors (Lipinski definition) is 2. The average molecular weight is 395 g/mol. The molecule has 0 amide bonds. The summed E-state index contributed by atoms with van der Waals surface area (Å²) >= 11 is 6.13. The standard InChI is InChI=1S/C20H23ClO6/c1-10(2)17-8-13-7-12(26-13)5-3-4-11(22)6-14-18(20(25)27-17)15(23)9-16(24)19(14)21/h3-4,9-10,12-13,17,23-24H,5-8H2,1-2H3/b4-3+/t12?,13?,17-/m0/s1. The Morgan fingerprint density at radius 2 is 1.85 bits per heavy atom. The van der Waals surface area contributed by atoms with Crippen molar-refractivity contribution in [2.45, 2.75) is 57.8 Å². The van der Waals surface area contributed by atoms with Crippen LogP contribution >= 0.6 is 11.6 Å². The fourth-order valence-electron chi connectivity index (χ4n) is 3.43. The van der Waals surface area contributed by atoms with Gasteiger partial charge in [0.2, 0.25) is 0 Å². The van der Waals surface area contributed by atoms with E-state index in [-0.39, 0.29) is 46.5 Å². The van der Waals surface area contributed by atoms with Crippen molar-refractivity contribution in [2.75, 3.05) is 0 Å². The number of rotatable bonds is 1. The quantitative estimate of drug-likeness (QED) is 0.707. The number of phenolic OH excluding ortho intramolecular Hbond substituents is 2. The number of benzene rings is 1.